The predicted molar refractivity (Wildman–Crippen MR) is 102 cm³/mol. The summed E-state index contributed by atoms with van der Waals surface area (Å²) in [6.07, 6.45) is 1.89. The Kier molecular flexibility index (Phi) is 7.17. The highest BCUT2D eigenvalue weighted by atomic mass is 35.5. The van der Waals surface area contributed by atoms with E-state index in [4.69, 9.17) is 27.9 Å². The molecule has 1 N–H and O–H groups in total. The van der Waals surface area contributed by atoms with E-state index in [0.29, 0.717) is 5.02 Å². The first kappa shape index (κ1) is 19.6. The molecule has 25 heavy (non-hydrogen) atoms. The number of ether oxygens (including phenoxy) is 1. The van der Waals surface area contributed by atoms with Gasteiger partial charge in [-0.3, -0.25) is 4.79 Å². The van der Waals surface area contributed by atoms with Gasteiger partial charge in [-0.05, 0) is 43.0 Å². The first-order valence-corrected chi connectivity index (χ1v) is 9.45. The van der Waals surface area contributed by atoms with E-state index < -0.39 is 18.5 Å². The third-order valence-electron chi connectivity index (χ3n) is 3.48. The van der Waals surface area contributed by atoms with Gasteiger partial charge in [0.05, 0.1) is 16.6 Å². The Morgan fingerprint density at radius 1 is 1.16 bits per heavy atom. The summed E-state index contributed by atoms with van der Waals surface area (Å²) in [5.41, 5.74) is 1.03. The zero-order chi connectivity index (χ0) is 18.4. The molecule has 0 heterocycles. The Hall–Kier alpha value is -1.69. The molecule has 1 atom stereocenters. The molecule has 0 aromatic heterocycles. The molecular weight excluding hydrogens is 381 g/mol. The first-order chi connectivity index (χ1) is 11.9. The second kappa shape index (κ2) is 9.13. The molecule has 2 rings (SSSR count). The van der Waals surface area contributed by atoms with Crippen LogP contribution in [-0.2, 0) is 9.53 Å². The van der Waals surface area contributed by atoms with Gasteiger partial charge in [-0.15, -0.1) is 11.8 Å². The van der Waals surface area contributed by atoms with Gasteiger partial charge >= 0.3 is 5.97 Å². The van der Waals surface area contributed by atoms with Crippen molar-refractivity contribution in [3.8, 4) is 0 Å². The van der Waals surface area contributed by atoms with Crippen molar-refractivity contribution < 1.29 is 14.3 Å². The molecule has 0 radical (unpaired) electrons. The number of nitrogens with one attached hydrogen (secondary N) is 1. The molecule has 4 nitrogen and oxygen atoms in total. The van der Waals surface area contributed by atoms with Crippen molar-refractivity contribution >= 4 is 46.8 Å². The summed E-state index contributed by atoms with van der Waals surface area (Å²) in [4.78, 5) is 25.0. The molecule has 2 aromatic carbocycles. The number of rotatable bonds is 6. The van der Waals surface area contributed by atoms with Gasteiger partial charge in [0.15, 0.2) is 6.61 Å². The number of amides is 1. The van der Waals surface area contributed by atoms with Gasteiger partial charge in [0, 0.05) is 9.92 Å². The van der Waals surface area contributed by atoms with Crippen molar-refractivity contribution in [1.29, 1.82) is 0 Å². The molecular formula is C18H17Cl2NO3S. The van der Waals surface area contributed by atoms with E-state index in [1.807, 2.05) is 30.5 Å². The second-order valence-electron chi connectivity index (χ2n) is 5.23. The van der Waals surface area contributed by atoms with Gasteiger partial charge in [0.25, 0.3) is 5.91 Å². The number of benzene rings is 2. The van der Waals surface area contributed by atoms with E-state index in [-0.39, 0.29) is 16.6 Å². The SMILES string of the molecule is CSc1ccc(Cl)c(C(=O)OCC(=O)N[C@@H](C)c2ccccc2Cl)c1. The lowest BCUT2D eigenvalue weighted by molar-refractivity contribution is -0.124. The van der Waals surface area contributed by atoms with Crippen LogP contribution in [0, 0.1) is 0 Å². The Morgan fingerprint density at radius 2 is 1.88 bits per heavy atom. The van der Waals surface area contributed by atoms with Crippen LogP contribution in [0.2, 0.25) is 10.0 Å². The summed E-state index contributed by atoms with van der Waals surface area (Å²) in [5, 5.41) is 3.59. The molecule has 1 amide bonds. The Morgan fingerprint density at radius 3 is 2.56 bits per heavy atom. The van der Waals surface area contributed by atoms with Crippen molar-refractivity contribution in [2.24, 2.45) is 0 Å². The molecule has 0 fully saturated rings. The van der Waals surface area contributed by atoms with E-state index in [1.165, 1.54) is 11.8 Å². The number of hydrogen-bond acceptors (Lipinski definition) is 4. The highest BCUT2D eigenvalue weighted by Crippen LogP contribution is 2.24. The largest absolute Gasteiger partial charge is 0.452 e. The van der Waals surface area contributed by atoms with Crippen LogP contribution in [0.1, 0.15) is 28.9 Å². The van der Waals surface area contributed by atoms with Gasteiger partial charge in [0.2, 0.25) is 0 Å². The Bertz CT molecular complexity index is 783. The Balaban J connectivity index is 1.94. The predicted octanol–water partition coefficient (Wildman–Crippen LogP) is 4.75. The molecule has 0 bridgehead atoms. The van der Waals surface area contributed by atoms with E-state index in [0.717, 1.165) is 10.5 Å². The van der Waals surface area contributed by atoms with Crippen molar-refractivity contribution in [3.63, 3.8) is 0 Å². The quantitative estimate of drug-likeness (QED) is 0.564. The fraction of sp³-hybridized carbons (Fsp3) is 0.222. The minimum atomic E-state index is -0.638. The van der Waals surface area contributed by atoms with Crippen LogP contribution in [0.25, 0.3) is 0 Å². The molecule has 0 aliphatic carbocycles. The van der Waals surface area contributed by atoms with Gasteiger partial charge in [-0.2, -0.15) is 0 Å². The summed E-state index contributed by atoms with van der Waals surface area (Å²) >= 11 is 13.6. The minimum Gasteiger partial charge on any atom is -0.452 e. The third kappa shape index (κ3) is 5.39. The lowest BCUT2D eigenvalue weighted by atomic mass is 10.1. The van der Waals surface area contributed by atoms with Gasteiger partial charge in [-0.1, -0.05) is 41.4 Å². The van der Waals surface area contributed by atoms with Crippen molar-refractivity contribution in [2.75, 3.05) is 12.9 Å². The maximum absolute atomic E-state index is 12.1. The van der Waals surface area contributed by atoms with Crippen molar-refractivity contribution in [3.05, 3.63) is 63.6 Å². The number of thioether (sulfide) groups is 1. The summed E-state index contributed by atoms with van der Waals surface area (Å²) in [6.45, 7) is 1.41. The van der Waals surface area contributed by atoms with E-state index in [9.17, 15) is 9.59 Å². The van der Waals surface area contributed by atoms with E-state index in [2.05, 4.69) is 5.32 Å². The fourth-order valence-corrected chi connectivity index (χ4v) is 3.12. The zero-order valence-corrected chi connectivity index (χ0v) is 16.0. The van der Waals surface area contributed by atoms with Gasteiger partial charge < -0.3 is 10.1 Å². The van der Waals surface area contributed by atoms with E-state index >= 15 is 0 Å². The molecule has 0 unspecified atom stereocenters. The summed E-state index contributed by atoms with van der Waals surface area (Å²) in [5.74, 6) is -1.06. The second-order valence-corrected chi connectivity index (χ2v) is 6.93. The number of carbonyl (C=O) groups is 2. The number of esters is 1. The van der Waals surface area contributed by atoms with Gasteiger partial charge in [0.1, 0.15) is 0 Å². The maximum Gasteiger partial charge on any atom is 0.340 e. The standard InChI is InChI=1S/C18H17Cl2NO3S/c1-11(13-5-3-4-6-15(13)19)21-17(22)10-24-18(23)14-9-12(25-2)7-8-16(14)20/h3-9,11H,10H2,1-2H3,(H,21,22)/t11-/m0/s1. The molecule has 0 aliphatic rings. The van der Waals surface area contributed by atoms with Crippen molar-refractivity contribution in [1.82, 2.24) is 5.32 Å². The van der Waals surface area contributed by atoms with Crippen LogP contribution in [0.5, 0.6) is 0 Å². The van der Waals surface area contributed by atoms with Crippen molar-refractivity contribution in [2.45, 2.75) is 17.9 Å². The molecule has 0 aliphatic heterocycles. The topological polar surface area (TPSA) is 55.4 Å². The maximum atomic E-state index is 12.1. The molecule has 2 aromatic rings. The summed E-state index contributed by atoms with van der Waals surface area (Å²) in [7, 11) is 0. The number of halogens is 2. The average molecular weight is 398 g/mol. The zero-order valence-electron chi connectivity index (χ0n) is 13.7. The summed E-state index contributed by atoms with van der Waals surface area (Å²) < 4.78 is 5.06. The normalized spacial score (nSPS) is 11.7. The number of hydrogen-bond donors (Lipinski definition) is 1. The van der Waals surface area contributed by atoms with E-state index in [1.54, 1.807) is 25.1 Å². The minimum absolute atomic E-state index is 0.237. The smallest absolute Gasteiger partial charge is 0.340 e. The molecule has 132 valence electrons. The first-order valence-electron chi connectivity index (χ1n) is 7.47. The third-order valence-corrected chi connectivity index (χ3v) is 4.88. The fourth-order valence-electron chi connectivity index (χ4n) is 2.18. The van der Waals surface area contributed by atoms with Gasteiger partial charge in [-0.25, -0.2) is 4.79 Å². The molecule has 0 saturated carbocycles. The Labute approximate surface area is 160 Å². The van der Waals surface area contributed by atoms with Crippen LogP contribution in [0.3, 0.4) is 0 Å². The lowest BCUT2D eigenvalue weighted by Gasteiger charge is -2.15. The lowest BCUT2D eigenvalue weighted by Crippen LogP contribution is -2.31. The molecule has 7 heteroatoms. The summed E-state index contributed by atoms with van der Waals surface area (Å²) in [6, 6.07) is 12.0. The molecule has 0 saturated heterocycles. The van der Waals surface area contributed by atoms with Crippen LogP contribution < -0.4 is 5.32 Å². The van der Waals surface area contributed by atoms with Crippen LogP contribution in [-0.4, -0.2) is 24.7 Å². The van der Waals surface area contributed by atoms with Crippen LogP contribution >= 0.6 is 35.0 Å². The molecule has 0 spiro atoms. The van der Waals surface area contributed by atoms with Crippen LogP contribution in [0.15, 0.2) is 47.4 Å². The monoisotopic (exact) mass is 397 g/mol. The average Bonchev–Trinajstić information content (AvgIpc) is 2.60. The highest BCUT2D eigenvalue weighted by molar-refractivity contribution is 7.98. The highest BCUT2D eigenvalue weighted by Gasteiger charge is 2.16. The van der Waals surface area contributed by atoms with Crippen LogP contribution in [0.4, 0.5) is 0 Å². The number of carbonyl (C=O) groups excluding carboxylic acids is 2.